The summed E-state index contributed by atoms with van der Waals surface area (Å²) in [6.45, 7) is 1.85. The van der Waals surface area contributed by atoms with Crippen molar-refractivity contribution >= 4 is 5.82 Å². The molecule has 94 valence electrons. The Morgan fingerprint density at radius 1 is 1.39 bits per heavy atom. The van der Waals surface area contributed by atoms with Crippen LogP contribution < -0.4 is 22.4 Å². The third kappa shape index (κ3) is 2.61. The molecule has 8 nitrogen and oxygen atoms in total. The third-order valence-electron chi connectivity index (χ3n) is 2.24. The smallest absolute Gasteiger partial charge is 0.265 e. The SMILES string of the molecule is Cc1cc(NN)nc(Cn2[nH]c(=O)ccc2=O)n1. The van der Waals surface area contributed by atoms with E-state index >= 15 is 0 Å². The number of hydrogen-bond donors (Lipinski definition) is 3. The van der Waals surface area contributed by atoms with Gasteiger partial charge in [0.25, 0.3) is 11.1 Å². The minimum Gasteiger partial charge on any atom is -0.308 e. The van der Waals surface area contributed by atoms with E-state index in [9.17, 15) is 9.59 Å². The average Bonchev–Trinajstić information content (AvgIpc) is 2.33. The Bertz CT molecular complexity index is 675. The van der Waals surface area contributed by atoms with Gasteiger partial charge >= 0.3 is 0 Å². The molecule has 0 atom stereocenters. The predicted molar refractivity (Wildman–Crippen MR) is 65.0 cm³/mol. The highest BCUT2D eigenvalue weighted by Crippen LogP contribution is 2.04. The van der Waals surface area contributed by atoms with Crippen molar-refractivity contribution in [3.8, 4) is 0 Å². The minimum atomic E-state index is -0.362. The molecular weight excluding hydrogens is 236 g/mol. The number of nitrogen functional groups attached to an aromatic ring is 1. The monoisotopic (exact) mass is 248 g/mol. The molecule has 2 aromatic heterocycles. The number of nitrogens with one attached hydrogen (secondary N) is 2. The van der Waals surface area contributed by atoms with Gasteiger partial charge in [0.2, 0.25) is 0 Å². The van der Waals surface area contributed by atoms with E-state index in [4.69, 9.17) is 5.84 Å². The van der Waals surface area contributed by atoms with Gasteiger partial charge in [-0.05, 0) is 6.92 Å². The fourth-order valence-electron chi connectivity index (χ4n) is 1.50. The molecule has 0 fully saturated rings. The van der Waals surface area contributed by atoms with Gasteiger partial charge in [0, 0.05) is 23.9 Å². The van der Waals surface area contributed by atoms with Gasteiger partial charge in [-0.3, -0.25) is 14.7 Å². The first kappa shape index (κ1) is 12.0. The molecule has 0 aliphatic carbocycles. The molecule has 0 spiro atoms. The molecule has 0 aromatic carbocycles. The predicted octanol–water partition coefficient (Wildman–Crippen LogP) is -1.03. The average molecular weight is 248 g/mol. The molecule has 8 heteroatoms. The molecule has 4 N–H and O–H groups in total. The quantitative estimate of drug-likeness (QED) is 0.472. The fourth-order valence-corrected chi connectivity index (χ4v) is 1.50. The summed E-state index contributed by atoms with van der Waals surface area (Å²) in [7, 11) is 0. The summed E-state index contributed by atoms with van der Waals surface area (Å²) in [5, 5.41) is 2.40. The second kappa shape index (κ2) is 4.80. The van der Waals surface area contributed by atoms with Gasteiger partial charge in [0.15, 0.2) is 5.82 Å². The van der Waals surface area contributed by atoms with E-state index < -0.39 is 0 Å². The summed E-state index contributed by atoms with van der Waals surface area (Å²) in [5.74, 6) is 6.10. The molecule has 0 radical (unpaired) electrons. The van der Waals surface area contributed by atoms with Crippen LogP contribution in [-0.4, -0.2) is 19.7 Å². The van der Waals surface area contributed by atoms with Crippen LogP contribution in [0.3, 0.4) is 0 Å². The zero-order valence-corrected chi connectivity index (χ0v) is 9.67. The number of nitrogens with zero attached hydrogens (tertiary/aromatic N) is 3. The van der Waals surface area contributed by atoms with Crippen molar-refractivity contribution < 1.29 is 0 Å². The lowest BCUT2D eigenvalue weighted by Gasteiger charge is -2.06. The van der Waals surface area contributed by atoms with Gasteiger partial charge in [0.1, 0.15) is 12.4 Å². The Balaban J connectivity index is 2.39. The van der Waals surface area contributed by atoms with E-state index in [0.29, 0.717) is 17.3 Å². The first-order chi connectivity index (χ1) is 8.58. The Morgan fingerprint density at radius 3 is 2.89 bits per heavy atom. The zero-order chi connectivity index (χ0) is 13.1. The number of aryl methyl sites for hydroxylation is 1. The van der Waals surface area contributed by atoms with E-state index in [1.165, 1.54) is 12.1 Å². The van der Waals surface area contributed by atoms with Gasteiger partial charge in [-0.2, -0.15) is 0 Å². The van der Waals surface area contributed by atoms with Crippen LogP contribution in [0, 0.1) is 6.92 Å². The third-order valence-corrected chi connectivity index (χ3v) is 2.24. The largest absolute Gasteiger partial charge is 0.308 e. The number of anilines is 1. The summed E-state index contributed by atoms with van der Waals surface area (Å²) < 4.78 is 1.14. The maximum atomic E-state index is 11.5. The first-order valence-corrected chi connectivity index (χ1v) is 5.20. The first-order valence-electron chi connectivity index (χ1n) is 5.20. The molecule has 0 saturated carbocycles. The molecule has 2 heterocycles. The van der Waals surface area contributed by atoms with E-state index in [2.05, 4.69) is 20.5 Å². The molecule has 2 aromatic rings. The highest BCUT2D eigenvalue weighted by molar-refractivity contribution is 5.33. The van der Waals surface area contributed by atoms with E-state index in [0.717, 1.165) is 4.68 Å². The van der Waals surface area contributed by atoms with Crippen molar-refractivity contribution in [2.75, 3.05) is 5.43 Å². The highest BCUT2D eigenvalue weighted by atomic mass is 16.1. The van der Waals surface area contributed by atoms with Crippen LogP contribution >= 0.6 is 0 Å². The van der Waals surface area contributed by atoms with Gasteiger partial charge in [0.05, 0.1) is 0 Å². The van der Waals surface area contributed by atoms with E-state index in [-0.39, 0.29) is 17.7 Å². The number of hydrazine groups is 1. The molecular formula is C10H12N6O2. The second-order valence-electron chi connectivity index (χ2n) is 3.69. The highest BCUT2D eigenvalue weighted by Gasteiger charge is 2.04. The molecule has 0 saturated heterocycles. The Labute approximate surface area is 101 Å². The fraction of sp³-hybridized carbons (Fsp3) is 0.200. The maximum Gasteiger partial charge on any atom is 0.265 e. The van der Waals surface area contributed by atoms with Gasteiger partial charge in [-0.1, -0.05) is 0 Å². The number of rotatable bonds is 3. The van der Waals surface area contributed by atoms with Crippen molar-refractivity contribution in [2.24, 2.45) is 5.84 Å². The summed E-state index contributed by atoms with van der Waals surface area (Å²) in [6, 6.07) is 4.03. The van der Waals surface area contributed by atoms with Gasteiger partial charge < -0.3 is 5.43 Å². The lowest BCUT2D eigenvalue weighted by atomic mass is 10.4. The molecule has 0 aliphatic heterocycles. The molecule has 0 amide bonds. The van der Waals surface area contributed by atoms with E-state index in [1.54, 1.807) is 13.0 Å². The molecule has 0 unspecified atom stereocenters. The van der Waals surface area contributed by atoms with Crippen LogP contribution in [0.4, 0.5) is 5.82 Å². The summed E-state index contributed by atoms with van der Waals surface area (Å²) >= 11 is 0. The van der Waals surface area contributed by atoms with Crippen LogP contribution in [0.15, 0.2) is 27.8 Å². The van der Waals surface area contributed by atoms with Crippen LogP contribution in [0.1, 0.15) is 11.5 Å². The van der Waals surface area contributed by atoms with Crippen LogP contribution in [0.2, 0.25) is 0 Å². The Morgan fingerprint density at radius 2 is 2.17 bits per heavy atom. The zero-order valence-electron chi connectivity index (χ0n) is 9.67. The topological polar surface area (TPSA) is 119 Å². The molecule has 2 rings (SSSR count). The standard InChI is InChI=1S/C10H12N6O2/c1-6-4-7(14-11)13-8(12-6)5-16-10(18)3-2-9(17)15-16/h2-4H,5,11H2,1H3,(H,15,17)(H,12,13,14). The molecule has 0 bridgehead atoms. The molecule has 0 aliphatic rings. The van der Waals surface area contributed by atoms with Crippen molar-refractivity contribution in [2.45, 2.75) is 13.5 Å². The molecule has 18 heavy (non-hydrogen) atoms. The summed E-state index contributed by atoms with van der Waals surface area (Å²) in [6.07, 6.45) is 0. The normalized spacial score (nSPS) is 10.3. The Hall–Kier alpha value is -2.48. The van der Waals surface area contributed by atoms with Crippen LogP contribution in [0.25, 0.3) is 0 Å². The number of aromatic amines is 1. The van der Waals surface area contributed by atoms with Gasteiger partial charge in [-0.15, -0.1) is 0 Å². The van der Waals surface area contributed by atoms with Crippen molar-refractivity contribution in [1.82, 2.24) is 19.7 Å². The maximum absolute atomic E-state index is 11.5. The van der Waals surface area contributed by atoms with Crippen LogP contribution in [0.5, 0.6) is 0 Å². The van der Waals surface area contributed by atoms with Crippen LogP contribution in [-0.2, 0) is 6.54 Å². The Kier molecular flexibility index (Phi) is 3.20. The number of H-pyrrole nitrogens is 1. The number of hydrogen-bond acceptors (Lipinski definition) is 6. The number of nitrogens with two attached hydrogens (primary N) is 1. The minimum absolute atomic E-state index is 0.0747. The summed E-state index contributed by atoms with van der Waals surface area (Å²) in [5.41, 5.74) is 2.42. The van der Waals surface area contributed by atoms with E-state index in [1.807, 2.05) is 0 Å². The second-order valence-corrected chi connectivity index (χ2v) is 3.69. The lowest BCUT2D eigenvalue weighted by molar-refractivity contribution is 0.603. The van der Waals surface area contributed by atoms with Crippen molar-refractivity contribution in [1.29, 1.82) is 0 Å². The number of aromatic nitrogens is 4. The summed E-state index contributed by atoms with van der Waals surface area (Å²) in [4.78, 5) is 30.9. The van der Waals surface area contributed by atoms with Gasteiger partial charge in [-0.25, -0.2) is 20.5 Å². The van der Waals surface area contributed by atoms with Crippen molar-refractivity contribution in [3.63, 3.8) is 0 Å². The van der Waals surface area contributed by atoms with Crippen molar-refractivity contribution in [3.05, 3.63) is 50.4 Å². The lowest BCUT2D eigenvalue weighted by Crippen LogP contribution is -2.29.